The molecule has 0 bridgehead atoms. The highest BCUT2D eigenvalue weighted by molar-refractivity contribution is 5.95. The van der Waals surface area contributed by atoms with E-state index in [1.165, 1.54) is 31.7 Å². The summed E-state index contributed by atoms with van der Waals surface area (Å²) >= 11 is 0. The molecule has 1 aromatic rings. The summed E-state index contributed by atoms with van der Waals surface area (Å²) in [4.78, 5) is 12.2. The summed E-state index contributed by atoms with van der Waals surface area (Å²) in [5, 5.41) is 2.90. The van der Waals surface area contributed by atoms with Gasteiger partial charge in [-0.2, -0.15) is 0 Å². The zero-order valence-corrected chi connectivity index (χ0v) is 10.9. The molecule has 0 aliphatic heterocycles. The van der Waals surface area contributed by atoms with Crippen LogP contribution in [-0.4, -0.2) is 5.91 Å². The Morgan fingerprint density at radius 3 is 2.63 bits per heavy atom. The van der Waals surface area contributed by atoms with Gasteiger partial charge in [-0.3, -0.25) is 4.79 Å². The molecule has 0 aromatic heterocycles. The van der Waals surface area contributed by atoms with E-state index in [9.17, 15) is 9.18 Å². The largest absolute Gasteiger partial charge is 0.326 e. The molecular weight excluding hydrogens is 243 g/mol. The van der Waals surface area contributed by atoms with E-state index in [1.807, 2.05) is 0 Å². The Kier molecular flexibility index (Phi) is 3.27. The highest BCUT2D eigenvalue weighted by Gasteiger charge is 2.54. The number of carbonyl (C=O) groups is 1. The third-order valence-electron chi connectivity index (χ3n) is 4.49. The number of halogens is 1. The summed E-state index contributed by atoms with van der Waals surface area (Å²) in [6, 6.07) is 4.58. The van der Waals surface area contributed by atoms with Crippen molar-refractivity contribution in [1.29, 1.82) is 0 Å². The molecular formula is C15H19FN2O. The van der Waals surface area contributed by atoms with Crippen LogP contribution in [0.4, 0.5) is 10.1 Å². The Morgan fingerprint density at radius 2 is 2.00 bits per heavy atom. The van der Waals surface area contributed by atoms with Gasteiger partial charge in [0.1, 0.15) is 5.82 Å². The van der Waals surface area contributed by atoms with Gasteiger partial charge in [0.15, 0.2) is 0 Å². The van der Waals surface area contributed by atoms with E-state index in [-0.39, 0.29) is 24.2 Å². The molecule has 0 radical (unpaired) electrons. The fourth-order valence-corrected chi connectivity index (χ4v) is 3.42. The molecule has 3 N–H and O–H groups in total. The van der Waals surface area contributed by atoms with Gasteiger partial charge >= 0.3 is 0 Å². The van der Waals surface area contributed by atoms with Crippen LogP contribution in [0.2, 0.25) is 0 Å². The van der Waals surface area contributed by atoms with Gasteiger partial charge < -0.3 is 11.1 Å². The third kappa shape index (κ3) is 2.37. The second-order valence-electron chi connectivity index (χ2n) is 5.64. The predicted octanol–water partition coefficient (Wildman–Crippen LogP) is 2.66. The van der Waals surface area contributed by atoms with Gasteiger partial charge in [0.2, 0.25) is 5.91 Å². The molecule has 102 valence electrons. The molecule has 2 saturated carbocycles. The zero-order chi connectivity index (χ0) is 13.4. The minimum Gasteiger partial charge on any atom is -0.326 e. The number of nitrogens with one attached hydrogen (secondary N) is 1. The lowest BCUT2D eigenvalue weighted by atomic mass is 10.0. The lowest BCUT2D eigenvalue weighted by molar-refractivity contribution is -0.117. The Morgan fingerprint density at radius 1 is 1.32 bits per heavy atom. The first-order valence-electron chi connectivity index (χ1n) is 7.00. The van der Waals surface area contributed by atoms with E-state index in [4.69, 9.17) is 5.73 Å². The first kappa shape index (κ1) is 12.6. The number of hydrogen-bond donors (Lipinski definition) is 2. The molecule has 1 aromatic carbocycles. The van der Waals surface area contributed by atoms with Crippen molar-refractivity contribution in [3.05, 3.63) is 29.6 Å². The average Bonchev–Trinajstić information content (AvgIpc) is 3.15. The Balaban J connectivity index is 1.67. The van der Waals surface area contributed by atoms with Gasteiger partial charge in [-0.1, -0.05) is 12.8 Å². The fraction of sp³-hybridized carbons (Fsp3) is 0.533. The number of nitrogens with two attached hydrogens (primary N) is 1. The molecule has 2 aliphatic rings. The van der Waals surface area contributed by atoms with Crippen LogP contribution in [0.3, 0.4) is 0 Å². The van der Waals surface area contributed by atoms with Gasteiger partial charge in [0, 0.05) is 23.7 Å². The van der Waals surface area contributed by atoms with Crippen molar-refractivity contribution in [2.75, 3.05) is 5.32 Å². The molecule has 3 nitrogen and oxygen atoms in total. The van der Waals surface area contributed by atoms with Crippen LogP contribution in [0.25, 0.3) is 0 Å². The second-order valence-corrected chi connectivity index (χ2v) is 5.64. The molecule has 0 heterocycles. The molecule has 4 heteroatoms. The molecule has 0 spiro atoms. The van der Waals surface area contributed by atoms with Crippen molar-refractivity contribution >= 4 is 11.6 Å². The number of carbonyl (C=O) groups excluding carboxylic acids is 1. The van der Waals surface area contributed by atoms with E-state index < -0.39 is 0 Å². The molecule has 1 amide bonds. The molecule has 19 heavy (non-hydrogen) atoms. The second kappa shape index (κ2) is 4.93. The summed E-state index contributed by atoms with van der Waals surface area (Å²) in [6.45, 7) is 0.143. The van der Waals surface area contributed by atoms with Gasteiger partial charge in [0.25, 0.3) is 0 Å². The highest BCUT2D eigenvalue weighted by Crippen LogP contribution is 2.55. The standard InChI is InChI=1S/C15H19FN2O/c16-13-6-5-10(7-9(13)8-17)18-15(19)14-11-3-1-2-4-12(11)14/h5-7,11-12,14H,1-4,8,17H2,(H,18,19). The van der Waals surface area contributed by atoms with E-state index in [2.05, 4.69) is 5.32 Å². The van der Waals surface area contributed by atoms with Gasteiger partial charge in [-0.25, -0.2) is 4.39 Å². The maximum absolute atomic E-state index is 13.3. The topological polar surface area (TPSA) is 55.1 Å². The van der Waals surface area contributed by atoms with Gasteiger partial charge in [-0.15, -0.1) is 0 Å². The van der Waals surface area contributed by atoms with E-state index in [0.29, 0.717) is 23.1 Å². The summed E-state index contributed by atoms with van der Waals surface area (Å²) in [7, 11) is 0. The number of hydrogen-bond acceptors (Lipinski definition) is 2. The fourth-order valence-electron chi connectivity index (χ4n) is 3.42. The molecule has 2 aliphatic carbocycles. The predicted molar refractivity (Wildman–Crippen MR) is 71.9 cm³/mol. The quantitative estimate of drug-likeness (QED) is 0.880. The van der Waals surface area contributed by atoms with Crippen molar-refractivity contribution < 1.29 is 9.18 Å². The maximum Gasteiger partial charge on any atom is 0.228 e. The molecule has 2 atom stereocenters. The molecule has 2 fully saturated rings. The monoisotopic (exact) mass is 262 g/mol. The van der Waals surface area contributed by atoms with Crippen LogP contribution >= 0.6 is 0 Å². The van der Waals surface area contributed by atoms with Gasteiger partial charge in [-0.05, 0) is 42.9 Å². The van der Waals surface area contributed by atoms with Gasteiger partial charge in [0.05, 0.1) is 0 Å². The van der Waals surface area contributed by atoms with Crippen LogP contribution in [0.1, 0.15) is 31.2 Å². The van der Waals surface area contributed by atoms with Crippen LogP contribution in [0.5, 0.6) is 0 Å². The van der Waals surface area contributed by atoms with E-state index in [0.717, 1.165) is 0 Å². The third-order valence-corrected chi connectivity index (χ3v) is 4.49. The Hall–Kier alpha value is -1.42. The van der Waals surface area contributed by atoms with Crippen LogP contribution < -0.4 is 11.1 Å². The molecule has 2 unspecified atom stereocenters. The Labute approximate surface area is 112 Å². The van der Waals surface area contributed by atoms with E-state index >= 15 is 0 Å². The van der Waals surface area contributed by atoms with Crippen LogP contribution in [0, 0.1) is 23.6 Å². The van der Waals surface area contributed by atoms with Crippen molar-refractivity contribution in [3.8, 4) is 0 Å². The summed E-state index contributed by atoms with van der Waals surface area (Å²) < 4.78 is 13.3. The zero-order valence-electron chi connectivity index (χ0n) is 10.9. The van der Waals surface area contributed by atoms with E-state index in [1.54, 1.807) is 12.1 Å². The summed E-state index contributed by atoms with van der Waals surface area (Å²) in [6.07, 6.45) is 4.86. The van der Waals surface area contributed by atoms with Crippen LogP contribution in [0.15, 0.2) is 18.2 Å². The molecule has 0 saturated heterocycles. The smallest absolute Gasteiger partial charge is 0.228 e. The minimum atomic E-state index is -0.319. The van der Waals surface area contributed by atoms with Crippen LogP contribution in [-0.2, 0) is 11.3 Å². The lowest BCUT2D eigenvalue weighted by Crippen LogP contribution is -2.16. The Bertz CT molecular complexity index is 491. The lowest BCUT2D eigenvalue weighted by Gasteiger charge is -2.07. The average molecular weight is 262 g/mol. The molecule has 3 rings (SSSR count). The summed E-state index contributed by atoms with van der Waals surface area (Å²) in [5.41, 5.74) is 6.55. The SMILES string of the molecule is NCc1cc(NC(=O)C2C3CCCCC32)ccc1F. The first-order chi connectivity index (χ1) is 9.20. The van der Waals surface area contributed by atoms with Crippen molar-refractivity contribution in [2.45, 2.75) is 32.2 Å². The normalized spacial score (nSPS) is 28.6. The van der Waals surface area contributed by atoms with Crippen molar-refractivity contribution in [3.63, 3.8) is 0 Å². The number of amides is 1. The minimum absolute atomic E-state index is 0.0893. The summed E-state index contributed by atoms with van der Waals surface area (Å²) in [5.74, 6) is 1.12. The number of anilines is 1. The van der Waals surface area contributed by atoms with Crippen molar-refractivity contribution in [1.82, 2.24) is 0 Å². The number of rotatable bonds is 3. The maximum atomic E-state index is 13.3. The number of fused-ring (bicyclic) bond motifs is 1. The number of benzene rings is 1. The first-order valence-corrected chi connectivity index (χ1v) is 7.00. The van der Waals surface area contributed by atoms with Crippen molar-refractivity contribution in [2.24, 2.45) is 23.5 Å². The highest BCUT2D eigenvalue weighted by atomic mass is 19.1.